The molecule has 2 nitrogen and oxygen atoms in total. The lowest BCUT2D eigenvalue weighted by atomic mass is 10.2. The van der Waals surface area contributed by atoms with E-state index in [0.717, 1.165) is 21.5 Å². The van der Waals surface area contributed by atoms with Crippen molar-refractivity contribution >= 4 is 27.5 Å². The van der Waals surface area contributed by atoms with Crippen molar-refractivity contribution in [2.45, 2.75) is 12.8 Å². The van der Waals surface area contributed by atoms with E-state index in [0.29, 0.717) is 11.8 Å². The highest BCUT2D eigenvalue weighted by molar-refractivity contribution is 9.10. The molecule has 0 radical (unpaired) electrons. The Bertz CT molecular complexity index is 481. The van der Waals surface area contributed by atoms with Crippen LogP contribution in [0.3, 0.4) is 0 Å². The van der Waals surface area contributed by atoms with E-state index < -0.39 is 0 Å². The van der Waals surface area contributed by atoms with E-state index in [2.05, 4.69) is 20.9 Å². The number of oxazole rings is 1. The molecule has 78 valence electrons. The molecule has 2 rings (SSSR count). The van der Waals surface area contributed by atoms with Crippen LogP contribution in [0, 0.1) is 6.92 Å². The summed E-state index contributed by atoms with van der Waals surface area (Å²) in [6, 6.07) is 7.82. The number of aromatic nitrogens is 1. The quantitative estimate of drug-likeness (QED) is 0.775. The third kappa shape index (κ3) is 2.24. The second-order valence-corrected chi connectivity index (χ2v) is 4.35. The molecule has 1 aromatic carbocycles. The third-order valence-corrected chi connectivity index (χ3v) is 2.82. The van der Waals surface area contributed by atoms with Gasteiger partial charge in [0, 0.05) is 10.0 Å². The molecule has 1 aromatic heterocycles. The lowest BCUT2D eigenvalue weighted by molar-refractivity contribution is 0.536. The van der Waals surface area contributed by atoms with Gasteiger partial charge in [0.15, 0.2) is 0 Å². The van der Waals surface area contributed by atoms with Crippen molar-refractivity contribution in [1.82, 2.24) is 4.98 Å². The van der Waals surface area contributed by atoms with Crippen LogP contribution in [0.25, 0.3) is 11.5 Å². The molecule has 1 heterocycles. The fraction of sp³-hybridized carbons (Fsp3) is 0.182. The van der Waals surface area contributed by atoms with Crippen molar-refractivity contribution in [2.24, 2.45) is 0 Å². The molecule has 0 aliphatic carbocycles. The molecule has 0 fully saturated rings. The Labute approximate surface area is 101 Å². The first-order valence-corrected chi connectivity index (χ1v) is 5.81. The maximum absolute atomic E-state index is 5.72. The SMILES string of the molecule is Cc1nc(-c2cccc(Br)c2)oc1CCl. The molecule has 0 unspecified atom stereocenters. The average molecular weight is 287 g/mol. The topological polar surface area (TPSA) is 26.0 Å². The van der Waals surface area contributed by atoms with Gasteiger partial charge in [-0.05, 0) is 25.1 Å². The highest BCUT2D eigenvalue weighted by Crippen LogP contribution is 2.25. The zero-order valence-electron chi connectivity index (χ0n) is 8.13. The molecule has 0 bridgehead atoms. The monoisotopic (exact) mass is 285 g/mol. The Morgan fingerprint density at radius 3 is 2.87 bits per heavy atom. The van der Waals surface area contributed by atoms with Gasteiger partial charge < -0.3 is 4.42 Å². The number of benzene rings is 1. The highest BCUT2D eigenvalue weighted by atomic mass is 79.9. The van der Waals surface area contributed by atoms with Crippen molar-refractivity contribution in [3.05, 3.63) is 40.2 Å². The van der Waals surface area contributed by atoms with Crippen LogP contribution in [0.5, 0.6) is 0 Å². The standard InChI is InChI=1S/C11H9BrClNO/c1-7-10(6-13)15-11(14-7)8-3-2-4-9(12)5-8/h2-5H,6H2,1H3. The van der Waals surface area contributed by atoms with Crippen molar-refractivity contribution < 1.29 is 4.42 Å². The zero-order valence-corrected chi connectivity index (χ0v) is 10.5. The molecular formula is C11H9BrClNO. The number of rotatable bonds is 2. The Morgan fingerprint density at radius 2 is 2.27 bits per heavy atom. The van der Waals surface area contributed by atoms with Crippen molar-refractivity contribution in [3.8, 4) is 11.5 Å². The molecule has 0 spiro atoms. The van der Waals surface area contributed by atoms with Gasteiger partial charge in [-0.25, -0.2) is 4.98 Å². The summed E-state index contributed by atoms with van der Waals surface area (Å²) in [7, 11) is 0. The summed E-state index contributed by atoms with van der Waals surface area (Å²) < 4.78 is 6.54. The fourth-order valence-electron chi connectivity index (χ4n) is 1.30. The molecule has 4 heteroatoms. The van der Waals surface area contributed by atoms with Crippen LogP contribution in [-0.2, 0) is 5.88 Å². The van der Waals surface area contributed by atoms with Gasteiger partial charge in [-0.15, -0.1) is 11.6 Å². The van der Waals surface area contributed by atoms with Crippen molar-refractivity contribution in [2.75, 3.05) is 0 Å². The van der Waals surface area contributed by atoms with Crippen molar-refractivity contribution in [1.29, 1.82) is 0 Å². The van der Waals surface area contributed by atoms with Gasteiger partial charge in [-0.3, -0.25) is 0 Å². The van der Waals surface area contributed by atoms with Gasteiger partial charge in [-0.1, -0.05) is 22.0 Å². The minimum Gasteiger partial charge on any atom is -0.440 e. The third-order valence-electron chi connectivity index (χ3n) is 2.09. The molecule has 2 aromatic rings. The van der Waals surface area contributed by atoms with E-state index in [1.165, 1.54) is 0 Å². The van der Waals surface area contributed by atoms with E-state index in [-0.39, 0.29) is 0 Å². The molecule has 15 heavy (non-hydrogen) atoms. The molecular weight excluding hydrogens is 277 g/mol. The fourth-order valence-corrected chi connectivity index (χ4v) is 1.94. The molecule has 0 aliphatic heterocycles. The van der Waals surface area contributed by atoms with E-state index in [9.17, 15) is 0 Å². The summed E-state index contributed by atoms with van der Waals surface area (Å²) in [6.45, 7) is 1.89. The maximum atomic E-state index is 5.72. The summed E-state index contributed by atoms with van der Waals surface area (Å²) in [5.74, 6) is 1.70. The minimum atomic E-state index is 0.354. The predicted octanol–water partition coefficient (Wildman–Crippen LogP) is 4.15. The van der Waals surface area contributed by atoms with Crippen LogP contribution in [0.1, 0.15) is 11.5 Å². The Hall–Kier alpha value is -0.800. The van der Waals surface area contributed by atoms with Crippen LogP contribution in [-0.4, -0.2) is 4.98 Å². The highest BCUT2D eigenvalue weighted by Gasteiger charge is 2.10. The van der Waals surface area contributed by atoms with Gasteiger partial charge in [0.1, 0.15) is 5.76 Å². The first kappa shape index (κ1) is 10.7. The molecule has 0 N–H and O–H groups in total. The van der Waals surface area contributed by atoms with Crippen LogP contribution in [0.4, 0.5) is 0 Å². The Morgan fingerprint density at radius 1 is 1.47 bits per heavy atom. The zero-order chi connectivity index (χ0) is 10.8. The number of halogens is 2. The largest absolute Gasteiger partial charge is 0.440 e. The van der Waals surface area contributed by atoms with E-state index in [1.54, 1.807) is 0 Å². The van der Waals surface area contributed by atoms with Crippen LogP contribution in [0.15, 0.2) is 33.2 Å². The van der Waals surface area contributed by atoms with Crippen LogP contribution in [0.2, 0.25) is 0 Å². The van der Waals surface area contributed by atoms with Crippen molar-refractivity contribution in [3.63, 3.8) is 0 Å². The maximum Gasteiger partial charge on any atom is 0.226 e. The molecule has 0 amide bonds. The number of alkyl halides is 1. The Kier molecular flexibility index (Phi) is 3.12. The van der Waals surface area contributed by atoms with E-state index in [4.69, 9.17) is 16.0 Å². The molecule has 0 saturated heterocycles. The summed E-state index contributed by atoms with van der Waals surface area (Å²) in [5.41, 5.74) is 1.80. The van der Waals surface area contributed by atoms with Crippen LogP contribution < -0.4 is 0 Å². The van der Waals surface area contributed by atoms with Gasteiger partial charge >= 0.3 is 0 Å². The molecule has 0 saturated carbocycles. The lowest BCUT2D eigenvalue weighted by Crippen LogP contribution is -1.78. The lowest BCUT2D eigenvalue weighted by Gasteiger charge is -1.95. The summed E-state index contributed by atoms with van der Waals surface area (Å²) >= 11 is 9.13. The second kappa shape index (κ2) is 4.37. The molecule has 0 aliphatic rings. The summed E-state index contributed by atoms with van der Waals surface area (Å²) in [6.07, 6.45) is 0. The smallest absolute Gasteiger partial charge is 0.226 e. The van der Waals surface area contributed by atoms with E-state index >= 15 is 0 Å². The average Bonchev–Trinajstić information content (AvgIpc) is 2.60. The first-order valence-electron chi connectivity index (χ1n) is 4.49. The second-order valence-electron chi connectivity index (χ2n) is 3.17. The summed E-state index contributed by atoms with van der Waals surface area (Å²) in [5, 5.41) is 0. The number of nitrogens with zero attached hydrogens (tertiary/aromatic N) is 1. The first-order chi connectivity index (χ1) is 7.20. The van der Waals surface area contributed by atoms with Gasteiger partial charge in [-0.2, -0.15) is 0 Å². The van der Waals surface area contributed by atoms with Crippen LogP contribution >= 0.6 is 27.5 Å². The van der Waals surface area contributed by atoms with E-state index in [1.807, 2.05) is 31.2 Å². The Balaban J connectivity index is 2.45. The minimum absolute atomic E-state index is 0.354. The predicted molar refractivity (Wildman–Crippen MR) is 63.9 cm³/mol. The van der Waals surface area contributed by atoms with Gasteiger partial charge in [0.25, 0.3) is 0 Å². The number of hydrogen-bond acceptors (Lipinski definition) is 2. The van der Waals surface area contributed by atoms with Gasteiger partial charge in [0.05, 0.1) is 11.6 Å². The number of hydrogen-bond donors (Lipinski definition) is 0. The van der Waals surface area contributed by atoms with Gasteiger partial charge in [0.2, 0.25) is 5.89 Å². The normalized spacial score (nSPS) is 10.6. The summed E-state index contributed by atoms with van der Waals surface area (Å²) in [4.78, 5) is 4.32. The molecule has 0 atom stereocenters. The number of aryl methyl sites for hydroxylation is 1.